The molecule has 0 aromatic rings. The van der Waals surface area contributed by atoms with Crippen LogP contribution in [0.3, 0.4) is 0 Å². The van der Waals surface area contributed by atoms with Gasteiger partial charge in [0.15, 0.2) is 0 Å². The van der Waals surface area contributed by atoms with Gasteiger partial charge in [-0.1, -0.05) is 12.8 Å². The summed E-state index contributed by atoms with van der Waals surface area (Å²) in [7, 11) is 0. The molecular weight excluding hydrogens is 204 g/mol. The molecule has 1 amide bonds. The van der Waals surface area contributed by atoms with Crippen molar-refractivity contribution < 1.29 is 9.53 Å². The van der Waals surface area contributed by atoms with Crippen LogP contribution in [-0.4, -0.2) is 43.2 Å². The fourth-order valence-corrected chi connectivity index (χ4v) is 3.04. The Morgan fingerprint density at radius 2 is 2.12 bits per heavy atom. The first-order chi connectivity index (χ1) is 7.83. The molecule has 1 aliphatic carbocycles. The minimum atomic E-state index is 0.155. The second kappa shape index (κ2) is 5.64. The number of nitrogens with zero attached hydrogens (tertiary/aromatic N) is 1. The average molecular weight is 226 g/mol. The van der Waals surface area contributed by atoms with Gasteiger partial charge < -0.3 is 15.4 Å². The Labute approximate surface area is 97.1 Å². The number of likely N-dealkylation sites (tertiary alicyclic amines) is 1. The summed E-state index contributed by atoms with van der Waals surface area (Å²) in [6.07, 6.45) is 6.29. The van der Waals surface area contributed by atoms with E-state index in [4.69, 9.17) is 10.5 Å². The van der Waals surface area contributed by atoms with Crippen molar-refractivity contribution >= 4 is 5.91 Å². The molecular formula is C12H22N2O2. The first-order valence-corrected chi connectivity index (χ1v) is 6.40. The van der Waals surface area contributed by atoms with Crippen molar-refractivity contribution in [2.45, 2.75) is 38.1 Å². The van der Waals surface area contributed by atoms with Crippen molar-refractivity contribution in [1.82, 2.24) is 4.90 Å². The van der Waals surface area contributed by atoms with Crippen LogP contribution in [0.5, 0.6) is 0 Å². The highest BCUT2D eigenvalue weighted by Gasteiger charge is 2.37. The summed E-state index contributed by atoms with van der Waals surface area (Å²) in [6, 6.07) is 0.503. The fourth-order valence-electron chi connectivity index (χ4n) is 3.04. The Bertz CT molecular complexity index is 245. The Hall–Kier alpha value is -0.610. The van der Waals surface area contributed by atoms with E-state index >= 15 is 0 Å². The van der Waals surface area contributed by atoms with Crippen molar-refractivity contribution in [2.75, 3.05) is 26.3 Å². The maximum absolute atomic E-state index is 11.9. The van der Waals surface area contributed by atoms with E-state index in [1.807, 2.05) is 4.90 Å². The molecule has 0 aromatic carbocycles. The summed E-state index contributed by atoms with van der Waals surface area (Å²) in [5.41, 5.74) is 5.32. The largest absolute Gasteiger partial charge is 0.370 e. The molecule has 1 saturated carbocycles. The van der Waals surface area contributed by atoms with Crippen molar-refractivity contribution in [3.8, 4) is 0 Å². The maximum atomic E-state index is 11.9. The van der Waals surface area contributed by atoms with Gasteiger partial charge in [-0.15, -0.1) is 0 Å². The predicted octanol–water partition coefficient (Wildman–Crippen LogP) is 0.753. The van der Waals surface area contributed by atoms with Crippen LogP contribution in [-0.2, 0) is 9.53 Å². The van der Waals surface area contributed by atoms with E-state index in [2.05, 4.69) is 0 Å². The van der Waals surface area contributed by atoms with Gasteiger partial charge in [0.2, 0.25) is 5.91 Å². The van der Waals surface area contributed by atoms with Gasteiger partial charge in [0.1, 0.15) is 6.61 Å². The van der Waals surface area contributed by atoms with E-state index < -0.39 is 0 Å². The highest BCUT2D eigenvalue weighted by atomic mass is 16.5. The van der Waals surface area contributed by atoms with Crippen LogP contribution < -0.4 is 5.73 Å². The fraction of sp³-hybridized carbons (Fsp3) is 0.917. The number of ether oxygens (including phenoxy) is 1. The molecule has 2 rings (SSSR count). The molecule has 4 nitrogen and oxygen atoms in total. The zero-order valence-electron chi connectivity index (χ0n) is 9.86. The maximum Gasteiger partial charge on any atom is 0.248 e. The topological polar surface area (TPSA) is 55.6 Å². The first-order valence-electron chi connectivity index (χ1n) is 6.40. The molecule has 2 atom stereocenters. The Morgan fingerprint density at radius 3 is 2.94 bits per heavy atom. The van der Waals surface area contributed by atoms with Crippen LogP contribution in [0.15, 0.2) is 0 Å². The normalized spacial score (nSPS) is 29.2. The summed E-state index contributed by atoms with van der Waals surface area (Å²) in [5.74, 6) is 0.912. The Balaban J connectivity index is 1.82. The van der Waals surface area contributed by atoms with E-state index in [0.717, 1.165) is 12.5 Å². The number of carbonyl (C=O) groups excluding carboxylic acids is 1. The molecule has 1 saturated heterocycles. The lowest BCUT2D eigenvalue weighted by atomic mass is 9.85. The highest BCUT2D eigenvalue weighted by molar-refractivity contribution is 5.78. The quantitative estimate of drug-likeness (QED) is 0.720. The molecule has 2 fully saturated rings. The predicted molar refractivity (Wildman–Crippen MR) is 61.9 cm³/mol. The number of amides is 1. The third-order valence-corrected chi connectivity index (χ3v) is 3.82. The monoisotopic (exact) mass is 226 g/mol. The van der Waals surface area contributed by atoms with Gasteiger partial charge in [0, 0.05) is 19.1 Å². The molecule has 1 heterocycles. The van der Waals surface area contributed by atoms with E-state index in [0.29, 0.717) is 19.2 Å². The SMILES string of the molecule is NCCOCC(=O)N1CCC2CCCCC21. The molecule has 2 aliphatic rings. The summed E-state index contributed by atoms with van der Waals surface area (Å²) >= 11 is 0. The van der Waals surface area contributed by atoms with E-state index in [1.165, 1.54) is 32.1 Å². The Kier molecular flexibility index (Phi) is 4.18. The van der Waals surface area contributed by atoms with Crippen molar-refractivity contribution in [1.29, 1.82) is 0 Å². The van der Waals surface area contributed by atoms with Gasteiger partial charge in [0.25, 0.3) is 0 Å². The van der Waals surface area contributed by atoms with E-state index in [9.17, 15) is 4.79 Å². The molecule has 2 N–H and O–H groups in total. The van der Waals surface area contributed by atoms with Crippen LogP contribution >= 0.6 is 0 Å². The van der Waals surface area contributed by atoms with Gasteiger partial charge in [-0.3, -0.25) is 4.79 Å². The van der Waals surface area contributed by atoms with Crippen molar-refractivity contribution in [2.24, 2.45) is 11.7 Å². The summed E-state index contributed by atoms with van der Waals surface area (Å²) in [4.78, 5) is 14.0. The van der Waals surface area contributed by atoms with E-state index in [-0.39, 0.29) is 12.5 Å². The summed E-state index contributed by atoms with van der Waals surface area (Å²) in [6.45, 7) is 2.10. The molecule has 0 bridgehead atoms. The standard InChI is InChI=1S/C12H22N2O2/c13-6-8-16-9-12(15)14-7-5-10-3-1-2-4-11(10)14/h10-11H,1-9,13H2. The average Bonchev–Trinajstić information content (AvgIpc) is 2.73. The number of carbonyl (C=O) groups is 1. The number of rotatable bonds is 4. The highest BCUT2D eigenvalue weighted by Crippen LogP contribution is 2.35. The molecule has 0 spiro atoms. The van der Waals surface area contributed by atoms with Crippen LogP contribution in [0.2, 0.25) is 0 Å². The van der Waals surface area contributed by atoms with Crippen LogP contribution in [0.1, 0.15) is 32.1 Å². The van der Waals surface area contributed by atoms with Crippen molar-refractivity contribution in [3.63, 3.8) is 0 Å². The second-order valence-corrected chi connectivity index (χ2v) is 4.83. The minimum Gasteiger partial charge on any atom is -0.370 e. The number of nitrogens with two attached hydrogens (primary N) is 1. The molecule has 0 aromatic heterocycles. The Morgan fingerprint density at radius 1 is 1.31 bits per heavy atom. The molecule has 0 radical (unpaired) electrons. The van der Waals surface area contributed by atoms with Gasteiger partial charge in [-0.2, -0.15) is 0 Å². The van der Waals surface area contributed by atoms with Gasteiger partial charge >= 0.3 is 0 Å². The summed E-state index contributed by atoms with van der Waals surface area (Å²) in [5, 5.41) is 0. The molecule has 16 heavy (non-hydrogen) atoms. The van der Waals surface area contributed by atoms with Crippen LogP contribution in [0, 0.1) is 5.92 Å². The van der Waals surface area contributed by atoms with Crippen molar-refractivity contribution in [3.05, 3.63) is 0 Å². The molecule has 2 unspecified atom stereocenters. The molecule has 4 heteroatoms. The van der Waals surface area contributed by atoms with Crippen LogP contribution in [0.25, 0.3) is 0 Å². The lowest BCUT2D eigenvalue weighted by Crippen LogP contribution is -2.41. The van der Waals surface area contributed by atoms with E-state index in [1.54, 1.807) is 0 Å². The number of hydrogen-bond acceptors (Lipinski definition) is 3. The lowest BCUT2D eigenvalue weighted by Gasteiger charge is -2.31. The first kappa shape index (κ1) is 11.9. The zero-order chi connectivity index (χ0) is 11.4. The summed E-state index contributed by atoms with van der Waals surface area (Å²) < 4.78 is 5.22. The van der Waals surface area contributed by atoms with Gasteiger partial charge in [-0.05, 0) is 25.2 Å². The number of fused-ring (bicyclic) bond motifs is 1. The zero-order valence-corrected chi connectivity index (χ0v) is 9.86. The smallest absolute Gasteiger partial charge is 0.248 e. The second-order valence-electron chi connectivity index (χ2n) is 4.83. The van der Waals surface area contributed by atoms with Gasteiger partial charge in [-0.25, -0.2) is 0 Å². The lowest BCUT2D eigenvalue weighted by molar-refractivity contribution is -0.137. The van der Waals surface area contributed by atoms with Crippen LogP contribution in [0.4, 0.5) is 0 Å². The third kappa shape index (κ3) is 2.55. The molecule has 92 valence electrons. The van der Waals surface area contributed by atoms with Gasteiger partial charge in [0.05, 0.1) is 6.61 Å². The minimum absolute atomic E-state index is 0.155. The third-order valence-electron chi connectivity index (χ3n) is 3.82. The molecule has 1 aliphatic heterocycles. The number of hydrogen-bond donors (Lipinski definition) is 1.